The predicted octanol–water partition coefficient (Wildman–Crippen LogP) is 15.4. The summed E-state index contributed by atoms with van der Waals surface area (Å²) in [6.45, 7) is 0.825. The summed E-state index contributed by atoms with van der Waals surface area (Å²) in [7, 11) is 0. The fraction of sp³-hybridized carbons (Fsp3) is 0.0152. The minimum atomic E-state index is 0.583. The summed E-state index contributed by atoms with van der Waals surface area (Å²) in [6, 6.07) is 89.8. The molecule has 0 atom stereocenters. The molecule has 1 N–H and O–H groups in total. The number of dihydropyridines is 1. The van der Waals surface area contributed by atoms with Crippen LogP contribution in [-0.4, -0.2) is 21.5 Å². The highest BCUT2D eigenvalue weighted by Gasteiger charge is 2.21. The molecule has 70 heavy (non-hydrogen) atoms. The number of hydrogen-bond donors (Lipinski definition) is 1. The molecule has 0 aliphatic carbocycles. The molecule has 0 saturated carbocycles. The minimum Gasteiger partial charge on any atom is -0.387 e. The average Bonchev–Trinajstić information content (AvgIpc) is 3.45. The third-order valence-corrected chi connectivity index (χ3v) is 12.6. The Labute approximate surface area is 410 Å². The number of nitrogens with one attached hydrogen (secondary N) is 1. The van der Waals surface area contributed by atoms with Gasteiger partial charge in [0.2, 0.25) is 0 Å². The van der Waals surface area contributed by atoms with Gasteiger partial charge < -0.3 is 5.32 Å². The lowest BCUT2D eigenvalue weighted by atomic mass is 9.85. The van der Waals surface area contributed by atoms with E-state index in [-0.39, 0.29) is 0 Å². The van der Waals surface area contributed by atoms with Gasteiger partial charge in [-0.05, 0) is 90.1 Å². The van der Waals surface area contributed by atoms with E-state index in [1.54, 1.807) is 0 Å². The van der Waals surface area contributed by atoms with Crippen LogP contribution in [0.2, 0.25) is 0 Å². The van der Waals surface area contributed by atoms with Crippen molar-refractivity contribution in [1.82, 2.24) is 20.3 Å². The second-order valence-corrected chi connectivity index (χ2v) is 17.2. The first-order valence-electron chi connectivity index (χ1n) is 23.7. The number of aromatic nitrogens is 3. The molecule has 0 saturated heterocycles. The molecule has 0 unspecified atom stereocenters. The molecule has 332 valence electrons. The van der Waals surface area contributed by atoms with Gasteiger partial charge in [0.05, 0.1) is 0 Å². The van der Waals surface area contributed by atoms with Crippen molar-refractivity contribution in [3.8, 4) is 34.2 Å². The molecule has 9 aromatic carbocycles. The van der Waals surface area contributed by atoms with Crippen LogP contribution in [0.15, 0.2) is 273 Å². The van der Waals surface area contributed by atoms with Crippen LogP contribution in [0.1, 0.15) is 50.1 Å². The Kier molecular flexibility index (Phi) is 12.6. The summed E-state index contributed by atoms with van der Waals surface area (Å²) in [6.07, 6.45) is 6.35. The minimum absolute atomic E-state index is 0.583. The first kappa shape index (κ1) is 43.3. The van der Waals surface area contributed by atoms with Gasteiger partial charge >= 0.3 is 0 Å². The SMILES string of the molecule is C1=CC(c2ccc(-c3nc(-c4cccc(C(=C(c5ccccc5)c5ccccc5)c5ccccc5)c4)nc(-c4cccc(C(=C(c5ccccc5)c5ccccc5)c5ccccc5)c4)n3)cc2)=CNC1. The molecule has 0 fully saturated rings. The number of rotatable bonds is 12. The van der Waals surface area contributed by atoms with Crippen molar-refractivity contribution in [3.63, 3.8) is 0 Å². The largest absolute Gasteiger partial charge is 0.387 e. The number of hydrogen-bond acceptors (Lipinski definition) is 4. The molecule has 2 heterocycles. The lowest BCUT2D eigenvalue weighted by Gasteiger charge is -2.19. The van der Waals surface area contributed by atoms with Crippen molar-refractivity contribution in [2.24, 2.45) is 0 Å². The van der Waals surface area contributed by atoms with Gasteiger partial charge in [-0.25, -0.2) is 15.0 Å². The van der Waals surface area contributed by atoms with Gasteiger partial charge in [-0.15, -0.1) is 0 Å². The zero-order valence-electron chi connectivity index (χ0n) is 38.5. The topological polar surface area (TPSA) is 50.7 Å². The van der Waals surface area contributed by atoms with E-state index < -0.39 is 0 Å². The molecule has 1 aromatic heterocycles. The highest BCUT2D eigenvalue weighted by atomic mass is 15.0. The van der Waals surface area contributed by atoms with Crippen molar-refractivity contribution >= 4 is 27.9 Å². The number of benzene rings is 9. The van der Waals surface area contributed by atoms with Gasteiger partial charge in [0.25, 0.3) is 0 Å². The van der Waals surface area contributed by atoms with Crippen LogP contribution in [0, 0.1) is 0 Å². The van der Waals surface area contributed by atoms with Crippen molar-refractivity contribution < 1.29 is 0 Å². The van der Waals surface area contributed by atoms with Gasteiger partial charge in [-0.3, -0.25) is 0 Å². The van der Waals surface area contributed by atoms with Crippen LogP contribution in [0.5, 0.6) is 0 Å². The first-order valence-corrected chi connectivity index (χ1v) is 23.7. The molecule has 4 heteroatoms. The third kappa shape index (κ3) is 9.35. The maximum atomic E-state index is 5.38. The summed E-state index contributed by atoms with van der Waals surface area (Å²) < 4.78 is 0. The molecule has 0 radical (unpaired) electrons. The summed E-state index contributed by atoms with van der Waals surface area (Å²) >= 11 is 0. The molecule has 0 spiro atoms. The van der Waals surface area contributed by atoms with E-state index in [2.05, 4.69) is 278 Å². The van der Waals surface area contributed by atoms with Gasteiger partial charge in [0.1, 0.15) is 0 Å². The second kappa shape index (κ2) is 20.3. The third-order valence-electron chi connectivity index (χ3n) is 12.6. The molecule has 11 rings (SSSR count). The fourth-order valence-corrected chi connectivity index (χ4v) is 9.30. The van der Waals surface area contributed by atoms with E-state index in [1.807, 2.05) is 0 Å². The van der Waals surface area contributed by atoms with Crippen molar-refractivity contribution in [3.05, 3.63) is 323 Å². The molecule has 0 amide bonds. The normalized spacial score (nSPS) is 11.8. The van der Waals surface area contributed by atoms with Crippen molar-refractivity contribution in [1.29, 1.82) is 0 Å². The zero-order chi connectivity index (χ0) is 46.9. The fourth-order valence-electron chi connectivity index (χ4n) is 9.30. The smallest absolute Gasteiger partial charge is 0.164 e. The van der Waals surface area contributed by atoms with Crippen LogP contribution in [0.3, 0.4) is 0 Å². The monoisotopic (exact) mass is 896 g/mol. The Morgan fingerprint density at radius 1 is 0.286 bits per heavy atom. The highest BCUT2D eigenvalue weighted by Crippen LogP contribution is 2.40. The van der Waals surface area contributed by atoms with Gasteiger partial charge in [0.15, 0.2) is 17.5 Å². The number of nitrogens with zero attached hydrogens (tertiary/aromatic N) is 3. The van der Waals surface area contributed by atoms with Crippen LogP contribution in [0.25, 0.3) is 62.0 Å². The number of allylic oxidation sites excluding steroid dienone is 2. The van der Waals surface area contributed by atoms with Gasteiger partial charge in [-0.2, -0.15) is 0 Å². The Bertz CT molecular complexity index is 3250. The maximum Gasteiger partial charge on any atom is 0.164 e. The van der Waals surface area contributed by atoms with E-state index in [4.69, 9.17) is 15.0 Å². The molecule has 10 aromatic rings. The van der Waals surface area contributed by atoms with E-state index >= 15 is 0 Å². The average molecular weight is 897 g/mol. The lowest BCUT2D eigenvalue weighted by Crippen LogP contribution is -2.08. The van der Waals surface area contributed by atoms with Crippen molar-refractivity contribution in [2.45, 2.75) is 0 Å². The van der Waals surface area contributed by atoms with Gasteiger partial charge in [0, 0.05) is 29.4 Å². The summed E-state index contributed by atoms with van der Waals surface area (Å²) in [5, 5.41) is 3.34. The second-order valence-electron chi connectivity index (χ2n) is 17.2. The van der Waals surface area contributed by atoms with Crippen LogP contribution >= 0.6 is 0 Å². The molecular formula is C66H48N4. The lowest BCUT2D eigenvalue weighted by molar-refractivity contribution is 0.976. The highest BCUT2D eigenvalue weighted by molar-refractivity contribution is 6.06. The van der Waals surface area contributed by atoms with Crippen LogP contribution in [-0.2, 0) is 0 Å². The van der Waals surface area contributed by atoms with Crippen LogP contribution in [0.4, 0.5) is 0 Å². The van der Waals surface area contributed by atoms with Crippen molar-refractivity contribution in [2.75, 3.05) is 6.54 Å². The Morgan fingerprint density at radius 3 is 0.914 bits per heavy atom. The summed E-state index contributed by atoms with van der Waals surface area (Å²) in [4.78, 5) is 16.0. The molecule has 1 aliphatic rings. The standard InChI is InChI=1S/C66H48N4/c1-7-22-48(23-8-1)60(49-24-9-2-10-25-49)62(52-30-15-5-16-31-52)55-34-19-36-57(44-55)65-68-64(54-41-39-47(40-42-54)59-38-21-43-67-46-59)69-66(70-65)58-37-20-35-56(45-58)63(53-32-17-6-18-33-53)61(50-26-11-3-12-27-50)51-28-13-4-14-29-51/h1-42,44-46,67H,43H2. The Morgan fingerprint density at radius 2 is 0.586 bits per heavy atom. The van der Waals surface area contributed by atoms with E-state index in [1.165, 1.54) is 0 Å². The summed E-state index contributed by atoms with van der Waals surface area (Å²) in [5.41, 5.74) is 18.3. The van der Waals surface area contributed by atoms with E-state index in [9.17, 15) is 0 Å². The van der Waals surface area contributed by atoms with E-state index in [0.717, 1.165) is 101 Å². The summed E-state index contributed by atoms with van der Waals surface area (Å²) in [5.74, 6) is 1.76. The molecule has 0 bridgehead atoms. The molecular weight excluding hydrogens is 849 g/mol. The van der Waals surface area contributed by atoms with E-state index in [0.29, 0.717) is 17.5 Å². The predicted molar refractivity (Wildman–Crippen MR) is 290 cm³/mol. The van der Waals surface area contributed by atoms with Crippen LogP contribution < -0.4 is 5.32 Å². The van der Waals surface area contributed by atoms with Gasteiger partial charge in [-0.1, -0.05) is 255 Å². The molecule has 1 aliphatic heterocycles. The zero-order valence-corrected chi connectivity index (χ0v) is 38.5. The quantitative estimate of drug-likeness (QED) is 0.124. The Hall–Kier alpha value is -9.25. The first-order chi connectivity index (χ1) is 34.7. The maximum absolute atomic E-state index is 5.38. The molecule has 4 nitrogen and oxygen atoms in total. The Balaban J connectivity index is 1.11.